The summed E-state index contributed by atoms with van der Waals surface area (Å²) in [5, 5.41) is 14.3. The highest BCUT2D eigenvalue weighted by molar-refractivity contribution is 7.09. The number of ether oxygens (including phenoxy) is 1. The number of carbonyl (C=O) groups is 1. The summed E-state index contributed by atoms with van der Waals surface area (Å²) in [4.78, 5) is 28.8. The first kappa shape index (κ1) is 20.5. The molecule has 3 aliphatic rings. The molecule has 12 heteroatoms. The number of aromatic amines is 1. The Kier molecular flexibility index (Phi) is 5.18. The van der Waals surface area contributed by atoms with Crippen LogP contribution in [0.5, 0.6) is 0 Å². The Morgan fingerprint density at radius 3 is 3.00 bits per heavy atom. The van der Waals surface area contributed by atoms with Gasteiger partial charge in [-0.25, -0.2) is 9.97 Å². The molecule has 2 atom stereocenters. The van der Waals surface area contributed by atoms with Crippen molar-refractivity contribution in [3.05, 3.63) is 29.3 Å². The van der Waals surface area contributed by atoms with Crippen LogP contribution in [-0.2, 0) is 22.4 Å². The minimum atomic E-state index is -0.460. The lowest BCUT2D eigenvalue weighted by Gasteiger charge is -2.24. The average molecular weight is 468 g/mol. The van der Waals surface area contributed by atoms with Gasteiger partial charge in [-0.3, -0.25) is 15.2 Å². The molecule has 3 aromatic rings. The third-order valence-electron chi connectivity index (χ3n) is 6.53. The van der Waals surface area contributed by atoms with Gasteiger partial charge in [0.2, 0.25) is 17.0 Å². The number of nitrogens with zero attached hydrogens (tertiary/aromatic N) is 6. The standard InChI is InChI=1S/C21H25N9O2S/c1-32-12-7-16(19(31)27-21-22-10-23-33-21)30(9-12)20-24-14-4-2-3-13(14)18(26-20)25-17-8-15(28-29-17)11-5-6-11/h8,10-12,16H,2-7,9H2,1H3,(H,22,23,27,31)(H2,24,25,26,28,29)/t12-,16+/m0/s1. The number of fused-ring (bicyclic) bond motifs is 1. The van der Waals surface area contributed by atoms with E-state index < -0.39 is 6.04 Å². The van der Waals surface area contributed by atoms with E-state index in [1.807, 2.05) is 4.90 Å². The second-order valence-corrected chi connectivity index (χ2v) is 9.54. The van der Waals surface area contributed by atoms with Gasteiger partial charge in [0.05, 0.1) is 11.8 Å². The van der Waals surface area contributed by atoms with Crippen molar-refractivity contribution in [3.8, 4) is 0 Å². The summed E-state index contributed by atoms with van der Waals surface area (Å²) in [5.74, 6) is 2.50. The largest absolute Gasteiger partial charge is 0.380 e. The van der Waals surface area contributed by atoms with Crippen molar-refractivity contribution in [2.24, 2.45) is 0 Å². The molecule has 0 aromatic carbocycles. The second kappa shape index (κ2) is 8.34. The highest BCUT2D eigenvalue weighted by Gasteiger charge is 2.39. The van der Waals surface area contributed by atoms with Gasteiger partial charge in [0.15, 0.2) is 5.82 Å². The number of aromatic nitrogens is 6. The van der Waals surface area contributed by atoms with Crippen LogP contribution in [-0.4, -0.2) is 61.2 Å². The molecular weight excluding hydrogens is 442 g/mol. The van der Waals surface area contributed by atoms with Crippen LogP contribution in [0.25, 0.3) is 0 Å². The normalized spacial score (nSPS) is 21.9. The summed E-state index contributed by atoms with van der Waals surface area (Å²) < 4.78 is 9.55. The fourth-order valence-electron chi connectivity index (χ4n) is 4.63. The van der Waals surface area contributed by atoms with Gasteiger partial charge in [0.25, 0.3) is 0 Å². The van der Waals surface area contributed by atoms with E-state index in [0.717, 1.165) is 53.7 Å². The van der Waals surface area contributed by atoms with E-state index in [9.17, 15) is 4.79 Å². The third-order valence-corrected chi connectivity index (χ3v) is 7.11. The van der Waals surface area contributed by atoms with Gasteiger partial charge in [-0.15, -0.1) is 0 Å². The van der Waals surface area contributed by atoms with Crippen LogP contribution in [0, 0.1) is 0 Å². The van der Waals surface area contributed by atoms with E-state index in [4.69, 9.17) is 14.7 Å². The van der Waals surface area contributed by atoms with Crippen LogP contribution in [0.4, 0.5) is 22.7 Å². The highest BCUT2D eigenvalue weighted by atomic mass is 32.1. The zero-order valence-corrected chi connectivity index (χ0v) is 19.1. The molecule has 1 saturated carbocycles. The Morgan fingerprint density at radius 1 is 1.30 bits per heavy atom. The molecule has 6 rings (SSSR count). The monoisotopic (exact) mass is 467 g/mol. The molecule has 4 heterocycles. The number of carbonyl (C=O) groups excluding carboxylic acids is 1. The maximum Gasteiger partial charge on any atom is 0.249 e. The van der Waals surface area contributed by atoms with Crippen LogP contribution in [0.1, 0.15) is 48.6 Å². The summed E-state index contributed by atoms with van der Waals surface area (Å²) in [7, 11) is 1.67. The zero-order chi connectivity index (χ0) is 22.4. The Hall–Kier alpha value is -3.12. The molecule has 172 valence electrons. The van der Waals surface area contributed by atoms with Crippen LogP contribution < -0.4 is 15.5 Å². The van der Waals surface area contributed by atoms with E-state index in [0.29, 0.717) is 30.0 Å². The van der Waals surface area contributed by atoms with Gasteiger partial charge in [-0.2, -0.15) is 14.5 Å². The van der Waals surface area contributed by atoms with E-state index in [2.05, 4.69) is 36.3 Å². The molecular formula is C21H25N9O2S. The van der Waals surface area contributed by atoms with Crippen LogP contribution in [0.3, 0.4) is 0 Å². The quantitative estimate of drug-likeness (QED) is 0.479. The van der Waals surface area contributed by atoms with E-state index in [1.165, 1.54) is 24.9 Å². The number of nitrogens with one attached hydrogen (secondary N) is 3. The van der Waals surface area contributed by atoms with Crippen LogP contribution in [0.2, 0.25) is 0 Å². The molecule has 2 fully saturated rings. The maximum atomic E-state index is 13.1. The number of aryl methyl sites for hydroxylation is 1. The molecule has 1 saturated heterocycles. The number of hydrogen-bond acceptors (Lipinski definition) is 10. The Labute approximate surface area is 194 Å². The molecule has 3 aromatic heterocycles. The van der Waals surface area contributed by atoms with Crippen LogP contribution >= 0.6 is 11.5 Å². The number of H-pyrrole nitrogens is 1. The molecule has 1 amide bonds. The van der Waals surface area contributed by atoms with Crippen molar-refractivity contribution < 1.29 is 9.53 Å². The second-order valence-electron chi connectivity index (χ2n) is 8.76. The van der Waals surface area contributed by atoms with Crippen molar-refractivity contribution in [3.63, 3.8) is 0 Å². The van der Waals surface area contributed by atoms with Crippen LogP contribution in [0.15, 0.2) is 12.4 Å². The predicted molar refractivity (Wildman–Crippen MR) is 123 cm³/mol. The summed E-state index contributed by atoms with van der Waals surface area (Å²) in [5.41, 5.74) is 3.33. The lowest BCUT2D eigenvalue weighted by Crippen LogP contribution is -2.40. The van der Waals surface area contributed by atoms with Crippen molar-refractivity contribution in [2.75, 3.05) is 29.2 Å². The number of rotatable bonds is 7. The van der Waals surface area contributed by atoms with Gasteiger partial charge in [-0.1, -0.05) is 0 Å². The van der Waals surface area contributed by atoms with Gasteiger partial charge >= 0.3 is 0 Å². The zero-order valence-electron chi connectivity index (χ0n) is 18.2. The first-order chi connectivity index (χ1) is 16.2. The first-order valence-electron chi connectivity index (χ1n) is 11.3. The van der Waals surface area contributed by atoms with E-state index in [1.54, 1.807) is 7.11 Å². The molecule has 1 aliphatic heterocycles. The van der Waals surface area contributed by atoms with E-state index >= 15 is 0 Å². The van der Waals surface area contributed by atoms with Gasteiger partial charge < -0.3 is 15.0 Å². The van der Waals surface area contributed by atoms with Gasteiger partial charge in [0, 0.05) is 54.8 Å². The molecule has 0 unspecified atom stereocenters. The molecule has 2 aliphatic carbocycles. The average Bonchev–Trinajstić information content (AvgIpc) is 3.28. The molecule has 11 nitrogen and oxygen atoms in total. The predicted octanol–water partition coefficient (Wildman–Crippen LogP) is 2.39. The Bertz CT molecular complexity index is 1160. The minimum absolute atomic E-state index is 0.0872. The van der Waals surface area contributed by atoms with E-state index in [-0.39, 0.29) is 12.0 Å². The lowest BCUT2D eigenvalue weighted by atomic mass is 10.2. The van der Waals surface area contributed by atoms with Crippen molar-refractivity contribution in [2.45, 2.75) is 56.6 Å². The molecule has 0 bridgehead atoms. The highest BCUT2D eigenvalue weighted by Crippen LogP contribution is 2.40. The Morgan fingerprint density at radius 2 is 2.21 bits per heavy atom. The van der Waals surface area contributed by atoms with Gasteiger partial charge in [0.1, 0.15) is 18.2 Å². The van der Waals surface area contributed by atoms with Crippen molar-refractivity contribution >= 4 is 40.2 Å². The summed E-state index contributed by atoms with van der Waals surface area (Å²) in [6, 6.07) is 1.61. The van der Waals surface area contributed by atoms with Gasteiger partial charge in [-0.05, 0) is 32.1 Å². The molecule has 0 spiro atoms. The Balaban J connectivity index is 1.30. The maximum absolute atomic E-state index is 13.1. The summed E-state index contributed by atoms with van der Waals surface area (Å²) in [6.07, 6.45) is 7.18. The SMILES string of the molecule is CO[C@H]1C[C@H](C(=O)Nc2ncns2)N(c2nc3c(c(Nc4cc(C5CC5)[nH]n4)n2)CCC3)C1. The number of amides is 1. The van der Waals surface area contributed by atoms with Crippen molar-refractivity contribution in [1.82, 2.24) is 29.5 Å². The fourth-order valence-corrected chi connectivity index (χ4v) is 5.07. The number of anilines is 4. The smallest absolute Gasteiger partial charge is 0.249 e. The van der Waals surface area contributed by atoms with Crippen molar-refractivity contribution in [1.29, 1.82) is 0 Å². The molecule has 33 heavy (non-hydrogen) atoms. The minimum Gasteiger partial charge on any atom is -0.380 e. The summed E-state index contributed by atoms with van der Waals surface area (Å²) >= 11 is 1.15. The molecule has 3 N–H and O–H groups in total. The first-order valence-corrected chi connectivity index (χ1v) is 12.0. The fraction of sp³-hybridized carbons (Fsp3) is 0.524. The lowest BCUT2D eigenvalue weighted by molar-refractivity contribution is -0.117. The topological polar surface area (TPSA) is 134 Å². The number of methoxy groups -OCH3 is 1. The summed E-state index contributed by atoms with van der Waals surface area (Å²) in [6.45, 7) is 0.539. The number of hydrogen-bond donors (Lipinski definition) is 3. The third kappa shape index (κ3) is 4.04. The molecule has 0 radical (unpaired) electrons.